The van der Waals surface area contributed by atoms with Crippen LogP contribution in [0, 0.1) is 11.8 Å². The second-order valence-corrected chi connectivity index (χ2v) is 15.1. The van der Waals surface area contributed by atoms with E-state index in [0.717, 1.165) is 64.3 Å². The van der Waals surface area contributed by atoms with Crippen molar-refractivity contribution in [2.75, 3.05) is 27.3 Å². The molecule has 16 nitrogen and oxygen atoms in total. The van der Waals surface area contributed by atoms with Gasteiger partial charge in [0.15, 0.2) is 5.82 Å². The van der Waals surface area contributed by atoms with E-state index in [1.165, 1.54) is 14.2 Å². The number of rotatable bonds is 10. The molecule has 0 bridgehead atoms. The average Bonchev–Trinajstić information content (AvgIpc) is 4.04. The van der Waals surface area contributed by atoms with Crippen molar-refractivity contribution in [1.29, 1.82) is 0 Å². The van der Waals surface area contributed by atoms with Crippen LogP contribution in [0.3, 0.4) is 0 Å². The van der Waals surface area contributed by atoms with E-state index in [4.69, 9.17) is 14.5 Å². The number of H-pyrrole nitrogens is 2. The second kappa shape index (κ2) is 16.0. The van der Waals surface area contributed by atoms with Gasteiger partial charge >= 0.3 is 12.2 Å². The van der Waals surface area contributed by atoms with Crippen LogP contribution in [0.25, 0.3) is 44.5 Å². The quantitative estimate of drug-likeness (QED) is 0.138. The lowest BCUT2D eigenvalue weighted by atomic mass is 10.0. The Balaban J connectivity index is 1.07. The number of carbonyl (C=O) groups is 4. The molecule has 16 heteroatoms. The summed E-state index contributed by atoms with van der Waals surface area (Å²) in [5.74, 6) is 1.38. The molecular formula is C40H48N10O6. The smallest absolute Gasteiger partial charge is 0.407 e. The van der Waals surface area contributed by atoms with E-state index in [1.54, 1.807) is 23.5 Å². The molecule has 4 amide bonds. The number of imidazole rings is 2. The third-order valence-corrected chi connectivity index (χ3v) is 10.8. The fourth-order valence-electron chi connectivity index (χ4n) is 7.78. The molecule has 3 aromatic heterocycles. The van der Waals surface area contributed by atoms with Gasteiger partial charge in [-0.05, 0) is 55.0 Å². The Kier molecular flexibility index (Phi) is 10.9. The lowest BCUT2D eigenvalue weighted by Gasteiger charge is -2.30. The SMILES string of the molecule is COC(=O)N[C@H](C(=O)N1CCC[C@H]1c1ncc(-c2cnc(-c3ccc4c(ccc5nc([C@@H]6CCCN6C(=O)[C@@H](NC(=O)OC)C(C)C)[nH]c54)c3)nc2)[nH]1)C(C)C. The number of carbonyl (C=O) groups excluding carboxylic acids is 4. The number of nitrogens with zero attached hydrogens (tertiary/aromatic N) is 6. The van der Waals surface area contributed by atoms with Gasteiger partial charge in [0.1, 0.15) is 23.7 Å². The van der Waals surface area contributed by atoms with Gasteiger partial charge in [-0.15, -0.1) is 0 Å². The topological polar surface area (TPSA) is 200 Å². The number of hydrogen-bond acceptors (Lipinski definition) is 10. The maximum absolute atomic E-state index is 13.7. The van der Waals surface area contributed by atoms with Crippen LogP contribution in [-0.4, -0.2) is 103 Å². The van der Waals surface area contributed by atoms with E-state index in [0.29, 0.717) is 30.6 Å². The fourth-order valence-corrected chi connectivity index (χ4v) is 7.78. The Labute approximate surface area is 324 Å². The minimum Gasteiger partial charge on any atom is -0.453 e. The minimum atomic E-state index is -0.710. The molecule has 2 fully saturated rings. The maximum atomic E-state index is 13.7. The Morgan fingerprint density at radius 1 is 0.732 bits per heavy atom. The molecule has 0 unspecified atom stereocenters. The molecule has 2 aromatic carbocycles. The highest BCUT2D eigenvalue weighted by atomic mass is 16.5. The number of likely N-dealkylation sites (tertiary alicyclic amines) is 2. The van der Waals surface area contributed by atoms with E-state index in [-0.39, 0.29) is 35.7 Å². The highest BCUT2D eigenvalue weighted by Crippen LogP contribution is 2.36. The van der Waals surface area contributed by atoms with Crippen LogP contribution in [0.15, 0.2) is 48.9 Å². The van der Waals surface area contributed by atoms with E-state index in [1.807, 2.05) is 62.9 Å². The van der Waals surface area contributed by atoms with Crippen LogP contribution in [0.4, 0.5) is 9.59 Å². The summed E-state index contributed by atoms with van der Waals surface area (Å²) in [4.78, 5) is 80.5. The van der Waals surface area contributed by atoms with Crippen LogP contribution in [0.1, 0.15) is 77.1 Å². The van der Waals surface area contributed by atoms with Gasteiger partial charge in [-0.3, -0.25) is 9.59 Å². The van der Waals surface area contributed by atoms with Crippen molar-refractivity contribution in [2.24, 2.45) is 11.8 Å². The molecule has 0 radical (unpaired) electrons. The van der Waals surface area contributed by atoms with E-state index in [9.17, 15) is 19.2 Å². The summed E-state index contributed by atoms with van der Waals surface area (Å²) in [6.07, 6.45) is 7.12. The first-order valence-corrected chi connectivity index (χ1v) is 19.1. The van der Waals surface area contributed by atoms with Crippen LogP contribution < -0.4 is 10.6 Å². The predicted molar refractivity (Wildman–Crippen MR) is 208 cm³/mol. The lowest BCUT2D eigenvalue weighted by molar-refractivity contribution is -0.136. The summed E-state index contributed by atoms with van der Waals surface area (Å²) in [6, 6.07) is 8.13. The Morgan fingerprint density at radius 2 is 1.32 bits per heavy atom. The number of ether oxygens (including phenoxy) is 2. The Morgan fingerprint density at radius 3 is 1.89 bits per heavy atom. The number of amides is 4. The summed E-state index contributed by atoms with van der Waals surface area (Å²) in [7, 11) is 2.57. The van der Waals surface area contributed by atoms with Gasteiger partial charge in [-0.25, -0.2) is 29.5 Å². The van der Waals surface area contributed by atoms with Gasteiger partial charge in [0.25, 0.3) is 0 Å². The zero-order valence-corrected chi connectivity index (χ0v) is 32.5. The van der Waals surface area contributed by atoms with Gasteiger partial charge < -0.3 is 39.9 Å². The van der Waals surface area contributed by atoms with Gasteiger partial charge in [0.2, 0.25) is 11.8 Å². The van der Waals surface area contributed by atoms with Crippen LogP contribution in [0.2, 0.25) is 0 Å². The number of hydrogen-bond donors (Lipinski definition) is 4. The summed E-state index contributed by atoms with van der Waals surface area (Å²) in [5.41, 5.74) is 4.01. The minimum absolute atomic E-state index is 0.121. The van der Waals surface area contributed by atoms with Crippen molar-refractivity contribution < 1.29 is 28.7 Å². The first-order chi connectivity index (χ1) is 27.0. The molecule has 2 aliphatic heterocycles. The summed E-state index contributed by atoms with van der Waals surface area (Å²) in [5, 5.41) is 7.35. The number of alkyl carbamates (subject to hydrolysis) is 2. The van der Waals surface area contributed by atoms with Crippen molar-refractivity contribution in [1.82, 2.24) is 50.3 Å². The van der Waals surface area contributed by atoms with Crippen molar-refractivity contribution in [3.05, 3.63) is 60.6 Å². The number of aromatic amines is 2. The van der Waals surface area contributed by atoms with Crippen LogP contribution in [-0.2, 0) is 19.1 Å². The van der Waals surface area contributed by atoms with Crippen LogP contribution in [0.5, 0.6) is 0 Å². The number of aromatic nitrogens is 6. The first-order valence-electron chi connectivity index (χ1n) is 19.1. The van der Waals surface area contributed by atoms with E-state index < -0.39 is 24.3 Å². The molecule has 5 heterocycles. The lowest BCUT2D eigenvalue weighted by Crippen LogP contribution is -2.51. The molecule has 0 saturated carbocycles. The molecule has 0 aliphatic carbocycles. The van der Waals surface area contributed by atoms with E-state index in [2.05, 4.69) is 35.6 Å². The molecule has 4 N–H and O–H groups in total. The monoisotopic (exact) mass is 764 g/mol. The van der Waals surface area contributed by atoms with Crippen molar-refractivity contribution in [3.8, 4) is 22.6 Å². The van der Waals surface area contributed by atoms with Crippen molar-refractivity contribution in [2.45, 2.75) is 77.5 Å². The molecule has 294 valence electrons. The van der Waals surface area contributed by atoms with Gasteiger partial charge in [-0.2, -0.15) is 0 Å². The zero-order valence-electron chi connectivity index (χ0n) is 32.5. The van der Waals surface area contributed by atoms with Gasteiger partial charge in [0.05, 0.1) is 49.2 Å². The Hall–Kier alpha value is -6.06. The summed E-state index contributed by atoms with van der Waals surface area (Å²) in [6.45, 7) is 8.71. The number of nitrogens with one attached hydrogen (secondary N) is 4. The molecule has 56 heavy (non-hydrogen) atoms. The molecule has 5 aromatic rings. The third kappa shape index (κ3) is 7.47. The van der Waals surface area contributed by atoms with Gasteiger partial charge in [-0.1, -0.05) is 45.9 Å². The molecular weight excluding hydrogens is 717 g/mol. The highest BCUT2D eigenvalue weighted by Gasteiger charge is 2.39. The third-order valence-electron chi connectivity index (χ3n) is 10.8. The Bertz CT molecular complexity index is 2250. The predicted octanol–water partition coefficient (Wildman–Crippen LogP) is 5.65. The molecule has 4 atom stereocenters. The number of benzene rings is 2. The summed E-state index contributed by atoms with van der Waals surface area (Å²) >= 11 is 0. The maximum Gasteiger partial charge on any atom is 0.407 e. The summed E-state index contributed by atoms with van der Waals surface area (Å²) < 4.78 is 9.52. The van der Waals surface area contributed by atoms with Crippen molar-refractivity contribution >= 4 is 45.8 Å². The van der Waals surface area contributed by atoms with Crippen LogP contribution >= 0.6 is 0 Å². The van der Waals surface area contributed by atoms with Crippen molar-refractivity contribution in [3.63, 3.8) is 0 Å². The standard InChI is InChI=1S/C40H48N10O6/c1-21(2)31(47-39(53)55-5)37(51)49-15-7-9-29(49)35-43-20-28(45-35)25-18-41-34(42-19-25)24-11-13-26-23(17-24)12-14-27-33(26)46-36(44-27)30-10-8-16-50(30)38(52)32(22(3)4)48-40(54)56-6/h11-14,17-22,29-32H,7-10,15-16H2,1-6H3,(H,43,45)(H,44,46)(H,47,53)(H,48,54)/t29-,30-,31-,32-/m0/s1. The van der Waals surface area contributed by atoms with Gasteiger partial charge in [0, 0.05) is 42.0 Å². The second-order valence-electron chi connectivity index (χ2n) is 15.1. The van der Waals surface area contributed by atoms with E-state index >= 15 is 0 Å². The molecule has 7 rings (SSSR count). The molecule has 0 spiro atoms. The first kappa shape index (κ1) is 38.2. The number of methoxy groups -OCH3 is 2. The molecule has 2 saturated heterocycles. The normalized spacial score (nSPS) is 18.1. The zero-order chi connectivity index (χ0) is 39.7. The average molecular weight is 765 g/mol. The fraction of sp³-hybridized carbons (Fsp3) is 0.450. The molecule has 2 aliphatic rings. The number of fused-ring (bicyclic) bond motifs is 3. The largest absolute Gasteiger partial charge is 0.453 e. The highest BCUT2D eigenvalue weighted by molar-refractivity contribution is 6.05.